The number of nitrogens with one attached hydrogen (secondary N) is 2. The number of likely N-dealkylation sites (N-methyl/N-ethyl adjacent to an activating group) is 1. The Morgan fingerprint density at radius 3 is 2.67 bits per heavy atom. The highest BCUT2D eigenvalue weighted by Crippen LogP contribution is 2.46. The summed E-state index contributed by atoms with van der Waals surface area (Å²) in [6.07, 6.45) is -1.72. The lowest BCUT2D eigenvalue weighted by atomic mass is 10.0. The Hall–Kier alpha value is -4.16. The quantitative estimate of drug-likeness (QED) is 0.369. The number of aromatic hydroxyl groups is 1. The molecular formula is C31H32F3N5O4. The Kier molecular flexibility index (Phi) is 7.74. The molecule has 2 aliphatic heterocycles. The summed E-state index contributed by atoms with van der Waals surface area (Å²) in [6, 6.07) is 9.94. The van der Waals surface area contributed by atoms with Gasteiger partial charge in [0.25, 0.3) is 5.91 Å². The van der Waals surface area contributed by atoms with Gasteiger partial charge in [0.15, 0.2) is 0 Å². The van der Waals surface area contributed by atoms with Gasteiger partial charge in [0.2, 0.25) is 5.91 Å². The largest absolute Gasteiger partial charge is 0.508 e. The summed E-state index contributed by atoms with van der Waals surface area (Å²) in [6.45, 7) is 3.12. The van der Waals surface area contributed by atoms with Crippen LogP contribution < -0.4 is 15.4 Å². The number of halogens is 3. The van der Waals surface area contributed by atoms with Crippen molar-refractivity contribution in [3.8, 4) is 17.2 Å². The number of hydrogen-bond donors (Lipinski definition) is 3. The molecule has 2 fully saturated rings. The van der Waals surface area contributed by atoms with Crippen molar-refractivity contribution < 1.29 is 32.6 Å². The topological polar surface area (TPSA) is 107 Å². The van der Waals surface area contributed by atoms with Crippen LogP contribution >= 0.6 is 0 Å². The monoisotopic (exact) mass is 595 g/mol. The van der Waals surface area contributed by atoms with E-state index < -0.39 is 17.6 Å². The van der Waals surface area contributed by atoms with E-state index in [1.807, 2.05) is 11.9 Å². The van der Waals surface area contributed by atoms with E-state index in [1.54, 1.807) is 18.2 Å². The van der Waals surface area contributed by atoms with Crippen molar-refractivity contribution in [3.05, 3.63) is 76.5 Å². The lowest BCUT2D eigenvalue weighted by Gasteiger charge is -2.33. The van der Waals surface area contributed by atoms with E-state index in [4.69, 9.17) is 4.74 Å². The second-order valence-electron chi connectivity index (χ2n) is 11.4. The minimum atomic E-state index is -4.59. The number of carbonyl (C=O) groups is 2. The number of anilines is 1. The van der Waals surface area contributed by atoms with Crippen LogP contribution in [0.1, 0.15) is 51.4 Å². The zero-order valence-electron chi connectivity index (χ0n) is 23.6. The first-order valence-corrected chi connectivity index (χ1v) is 14.3. The molecule has 1 saturated carbocycles. The van der Waals surface area contributed by atoms with Crippen LogP contribution in [-0.4, -0.2) is 71.0 Å². The van der Waals surface area contributed by atoms with Gasteiger partial charge in [-0.1, -0.05) is 6.07 Å². The Morgan fingerprint density at radius 1 is 1.12 bits per heavy atom. The summed E-state index contributed by atoms with van der Waals surface area (Å²) in [4.78, 5) is 33.1. The molecule has 1 saturated heterocycles. The first-order chi connectivity index (χ1) is 20.5. The van der Waals surface area contributed by atoms with E-state index in [1.165, 1.54) is 24.4 Å². The Bertz CT molecular complexity index is 1550. The van der Waals surface area contributed by atoms with Gasteiger partial charge in [-0.25, -0.2) is 4.98 Å². The molecule has 1 aliphatic carbocycles. The molecule has 9 nitrogen and oxygen atoms in total. The van der Waals surface area contributed by atoms with E-state index in [9.17, 15) is 27.9 Å². The number of piperazine rings is 1. The van der Waals surface area contributed by atoms with Crippen LogP contribution in [0, 0.1) is 0 Å². The van der Waals surface area contributed by atoms with E-state index in [2.05, 4.69) is 20.5 Å². The number of fused-ring (bicyclic) bond motifs is 1. The van der Waals surface area contributed by atoms with Gasteiger partial charge in [0.05, 0.1) is 5.56 Å². The number of pyridine rings is 1. The lowest BCUT2D eigenvalue weighted by molar-refractivity contribution is -0.138. The van der Waals surface area contributed by atoms with E-state index >= 15 is 0 Å². The summed E-state index contributed by atoms with van der Waals surface area (Å²) < 4.78 is 48.1. The Labute approximate surface area is 246 Å². The van der Waals surface area contributed by atoms with Gasteiger partial charge in [-0.3, -0.25) is 14.5 Å². The van der Waals surface area contributed by atoms with Gasteiger partial charge < -0.3 is 25.4 Å². The molecule has 0 radical (unpaired) electrons. The summed E-state index contributed by atoms with van der Waals surface area (Å²) in [5.41, 5.74) is 0.638. The molecule has 3 aliphatic rings. The summed E-state index contributed by atoms with van der Waals surface area (Å²) in [5.74, 6) is 0.560. The fourth-order valence-corrected chi connectivity index (χ4v) is 5.69. The summed E-state index contributed by atoms with van der Waals surface area (Å²) in [7, 11) is 1.99. The number of carbonyl (C=O) groups excluding carboxylic acids is 2. The Morgan fingerprint density at radius 2 is 1.91 bits per heavy atom. The predicted molar refractivity (Wildman–Crippen MR) is 152 cm³/mol. The molecule has 0 spiro atoms. The highest BCUT2D eigenvalue weighted by atomic mass is 19.4. The van der Waals surface area contributed by atoms with Crippen molar-refractivity contribution in [3.63, 3.8) is 0 Å². The van der Waals surface area contributed by atoms with Crippen LogP contribution in [-0.2, 0) is 23.9 Å². The molecule has 6 rings (SSSR count). The molecule has 0 unspecified atom stereocenters. The second kappa shape index (κ2) is 11.5. The predicted octanol–water partition coefficient (Wildman–Crippen LogP) is 4.52. The number of phenols is 1. The first kappa shape index (κ1) is 28.9. The minimum Gasteiger partial charge on any atom is -0.508 e. The number of amides is 2. The van der Waals surface area contributed by atoms with E-state index in [0.29, 0.717) is 55.2 Å². The molecule has 3 heterocycles. The maximum Gasteiger partial charge on any atom is 0.416 e. The molecular weight excluding hydrogens is 563 g/mol. The van der Waals surface area contributed by atoms with Crippen LogP contribution in [0.3, 0.4) is 0 Å². The second-order valence-corrected chi connectivity index (χ2v) is 11.4. The molecule has 2 aromatic carbocycles. The maximum atomic E-state index is 14.0. The molecule has 3 aromatic rings. The average Bonchev–Trinajstić information content (AvgIpc) is 3.73. The number of benzene rings is 2. The van der Waals surface area contributed by atoms with Gasteiger partial charge in [0, 0.05) is 74.0 Å². The number of aromatic nitrogens is 1. The summed E-state index contributed by atoms with van der Waals surface area (Å²) in [5, 5.41) is 16.1. The number of rotatable bonds is 7. The number of hydrogen-bond acceptors (Lipinski definition) is 7. The highest BCUT2D eigenvalue weighted by Gasteiger charge is 2.42. The van der Waals surface area contributed by atoms with Crippen molar-refractivity contribution in [1.29, 1.82) is 0 Å². The van der Waals surface area contributed by atoms with Gasteiger partial charge >= 0.3 is 6.18 Å². The molecule has 226 valence electrons. The van der Waals surface area contributed by atoms with Gasteiger partial charge in [-0.05, 0) is 61.9 Å². The van der Waals surface area contributed by atoms with Crippen molar-refractivity contribution in [2.24, 2.45) is 0 Å². The lowest BCUT2D eigenvalue weighted by Crippen LogP contribution is -2.44. The van der Waals surface area contributed by atoms with Crippen LogP contribution in [0.2, 0.25) is 0 Å². The van der Waals surface area contributed by atoms with Gasteiger partial charge in [-0.15, -0.1) is 0 Å². The Balaban J connectivity index is 1.13. The van der Waals surface area contributed by atoms with E-state index in [0.717, 1.165) is 24.7 Å². The van der Waals surface area contributed by atoms with Crippen LogP contribution in [0.5, 0.6) is 17.2 Å². The third kappa shape index (κ3) is 6.45. The van der Waals surface area contributed by atoms with Crippen molar-refractivity contribution >= 4 is 17.6 Å². The molecule has 2 amide bonds. The zero-order chi connectivity index (χ0) is 30.3. The normalized spacial score (nSPS) is 20.7. The molecule has 3 N–H and O–H groups in total. The smallest absolute Gasteiger partial charge is 0.416 e. The van der Waals surface area contributed by atoms with Gasteiger partial charge in [-0.2, -0.15) is 13.2 Å². The number of nitrogens with zero attached hydrogens (tertiary/aromatic N) is 3. The number of phenolic OH excluding ortho intramolecular Hbond substituents is 1. The highest BCUT2D eigenvalue weighted by molar-refractivity contribution is 5.95. The van der Waals surface area contributed by atoms with Crippen molar-refractivity contribution in [1.82, 2.24) is 20.1 Å². The third-order valence-electron chi connectivity index (χ3n) is 8.27. The molecule has 2 atom stereocenters. The van der Waals surface area contributed by atoms with Crippen LogP contribution in [0.15, 0.2) is 48.7 Å². The van der Waals surface area contributed by atoms with E-state index in [-0.39, 0.29) is 41.3 Å². The maximum absolute atomic E-state index is 14.0. The fraction of sp³-hybridized carbons (Fsp3) is 0.387. The number of alkyl halides is 3. The van der Waals surface area contributed by atoms with Crippen molar-refractivity contribution in [2.75, 3.05) is 38.5 Å². The zero-order valence-corrected chi connectivity index (χ0v) is 23.6. The first-order valence-electron chi connectivity index (χ1n) is 14.3. The van der Waals surface area contributed by atoms with Crippen molar-refractivity contribution in [2.45, 2.75) is 43.9 Å². The molecule has 12 heteroatoms. The third-order valence-corrected chi connectivity index (χ3v) is 8.27. The molecule has 0 bridgehead atoms. The number of ether oxygens (including phenoxy) is 1. The fourth-order valence-electron chi connectivity index (χ4n) is 5.69. The SMILES string of the molecule is CN1CCN(Cc2ccc(C(=O)N[C@H]3C[C@@H]3c3cc(Oc4ccnc5c4CCC(=O)N5)ccc3O)cc2C(F)(F)F)CC1. The van der Waals surface area contributed by atoms with Crippen LogP contribution in [0.25, 0.3) is 0 Å². The average molecular weight is 596 g/mol. The van der Waals surface area contributed by atoms with Crippen LogP contribution in [0.4, 0.5) is 19.0 Å². The standard InChI is InChI=1S/C31H32F3N5O4/c1-38-10-12-39(13-11-38)17-19-3-2-18(14-24(19)31(32,33)34)30(42)36-25-16-22(25)23-15-20(4-6-26(23)40)43-27-8-9-35-29-21(27)5-7-28(41)37-29/h2-4,6,8-9,14-15,22,25,40H,5,7,10-13,16-17H2,1H3,(H,36,42)(H,35,37,41)/t22-,25+/m1/s1. The molecule has 1 aromatic heterocycles. The molecule has 43 heavy (non-hydrogen) atoms. The minimum absolute atomic E-state index is 0.0331. The van der Waals surface area contributed by atoms with Gasteiger partial charge in [0.1, 0.15) is 23.1 Å². The summed E-state index contributed by atoms with van der Waals surface area (Å²) >= 11 is 0.